The number of nitrogens with zero attached hydrogens (tertiary/aromatic N) is 6. The van der Waals surface area contributed by atoms with E-state index in [1.165, 1.54) is 4.52 Å². The van der Waals surface area contributed by atoms with E-state index in [9.17, 15) is 5.26 Å². The normalized spacial score (nSPS) is 19.1. The molecular weight excluding hydrogens is 397 g/mol. The Hall–Kier alpha value is -3.71. The number of nitrogens with one attached hydrogen (secondary N) is 3. The minimum Gasteiger partial charge on any atom is -0.368 e. The number of aromatic nitrogens is 5. The average Bonchev–Trinajstić information content (AvgIpc) is 3.29. The Morgan fingerprint density at radius 3 is 2.74 bits per heavy atom. The molecule has 1 aliphatic heterocycles. The van der Waals surface area contributed by atoms with Crippen molar-refractivity contribution in [1.82, 2.24) is 30.1 Å². The van der Waals surface area contributed by atoms with E-state index in [2.05, 4.69) is 55.7 Å². The van der Waals surface area contributed by atoms with Crippen molar-refractivity contribution < 1.29 is 4.39 Å². The Bertz CT molecular complexity index is 1320. The first-order valence-corrected chi connectivity index (χ1v) is 10.1. The molecule has 0 bridgehead atoms. The highest BCUT2D eigenvalue weighted by atomic mass is 19.1. The minimum absolute atomic E-state index is 0.325. The summed E-state index contributed by atoms with van der Waals surface area (Å²) in [7, 11) is 0. The van der Waals surface area contributed by atoms with Crippen LogP contribution in [0.1, 0.15) is 25.2 Å². The number of aryl methyl sites for hydroxylation is 1. The second-order valence-corrected chi connectivity index (χ2v) is 8.10. The van der Waals surface area contributed by atoms with Crippen LogP contribution in [-0.2, 0) is 0 Å². The molecule has 0 amide bonds. The fraction of sp³-hybridized carbons (Fsp3) is 0.333. The van der Waals surface area contributed by atoms with Crippen molar-refractivity contribution in [3.05, 3.63) is 41.6 Å². The fourth-order valence-corrected chi connectivity index (χ4v) is 4.28. The van der Waals surface area contributed by atoms with E-state index in [0.29, 0.717) is 51.5 Å². The zero-order chi connectivity index (χ0) is 21.7. The van der Waals surface area contributed by atoms with Gasteiger partial charge in [0.25, 0.3) is 0 Å². The first-order chi connectivity index (χ1) is 14.9. The number of rotatable bonds is 3. The molecule has 4 aromatic rings. The van der Waals surface area contributed by atoms with Crippen LogP contribution in [-0.4, -0.2) is 50.0 Å². The van der Waals surface area contributed by atoms with Crippen LogP contribution >= 0.6 is 0 Å². The van der Waals surface area contributed by atoms with E-state index >= 15 is 4.39 Å². The van der Waals surface area contributed by atoms with Gasteiger partial charge < -0.3 is 15.5 Å². The molecule has 1 aliphatic rings. The molecule has 0 saturated carbocycles. The average molecular weight is 419 g/mol. The quantitative estimate of drug-likeness (QED) is 0.468. The van der Waals surface area contributed by atoms with Crippen LogP contribution in [0.25, 0.3) is 16.6 Å². The Kier molecular flexibility index (Phi) is 4.48. The van der Waals surface area contributed by atoms with Gasteiger partial charge in [0.15, 0.2) is 11.5 Å². The molecule has 3 N–H and O–H groups in total. The highest BCUT2D eigenvalue weighted by Gasteiger charge is 2.23. The summed E-state index contributed by atoms with van der Waals surface area (Å²) in [6.45, 7) is 7.62. The van der Waals surface area contributed by atoms with Gasteiger partial charge >= 0.3 is 0 Å². The molecule has 1 fully saturated rings. The van der Waals surface area contributed by atoms with Crippen LogP contribution in [0.2, 0.25) is 0 Å². The molecule has 0 unspecified atom stereocenters. The molecule has 0 spiro atoms. The second-order valence-electron chi connectivity index (χ2n) is 8.10. The Morgan fingerprint density at radius 1 is 1.23 bits per heavy atom. The highest BCUT2D eigenvalue weighted by Crippen LogP contribution is 2.31. The Balaban J connectivity index is 1.51. The maximum atomic E-state index is 15.2. The van der Waals surface area contributed by atoms with E-state index in [1.54, 1.807) is 25.3 Å². The fourth-order valence-electron chi connectivity index (χ4n) is 4.28. The van der Waals surface area contributed by atoms with Gasteiger partial charge in [-0.1, -0.05) is 0 Å². The van der Waals surface area contributed by atoms with Gasteiger partial charge in [0.05, 0.1) is 28.4 Å². The highest BCUT2D eigenvalue weighted by molar-refractivity contribution is 5.94. The monoisotopic (exact) mass is 419 g/mol. The van der Waals surface area contributed by atoms with Crippen molar-refractivity contribution in [2.45, 2.75) is 32.9 Å². The standard InChI is InChI=1S/C21H22FN9/c1-11-8-30(9-12(2)24-11)16-5-17(22)19-18(6-16)27-28-20(19)26-15-4-14(7-23)21-25-13(3)29-31(21)10-15/h4-6,10-12,24H,8-9H2,1-3H3,(H2,26,27,28)/t11-,12-/m0/s1. The lowest BCUT2D eigenvalue weighted by Gasteiger charge is -2.37. The van der Waals surface area contributed by atoms with Gasteiger partial charge in [-0.3, -0.25) is 5.10 Å². The number of halogens is 1. The molecule has 0 aliphatic carbocycles. The lowest BCUT2D eigenvalue weighted by molar-refractivity contribution is 0.407. The molecule has 3 aromatic heterocycles. The Morgan fingerprint density at radius 2 is 2.00 bits per heavy atom. The van der Waals surface area contributed by atoms with Gasteiger partial charge in [0, 0.05) is 30.9 Å². The lowest BCUT2D eigenvalue weighted by Crippen LogP contribution is -2.54. The van der Waals surface area contributed by atoms with Crippen molar-refractivity contribution >= 4 is 33.7 Å². The molecule has 1 saturated heterocycles. The van der Waals surface area contributed by atoms with Crippen molar-refractivity contribution in [2.75, 3.05) is 23.3 Å². The SMILES string of the molecule is Cc1nc2c(C#N)cc(Nc3n[nH]c4cc(N5C[C@H](C)N[C@@H](C)C5)cc(F)c34)cn2n1. The van der Waals surface area contributed by atoms with Gasteiger partial charge in [-0.25, -0.2) is 13.9 Å². The number of hydrogen-bond donors (Lipinski definition) is 3. The molecule has 31 heavy (non-hydrogen) atoms. The van der Waals surface area contributed by atoms with Gasteiger partial charge in [0.2, 0.25) is 0 Å². The van der Waals surface area contributed by atoms with Gasteiger partial charge in [-0.15, -0.1) is 0 Å². The van der Waals surface area contributed by atoms with Crippen LogP contribution in [0.3, 0.4) is 0 Å². The summed E-state index contributed by atoms with van der Waals surface area (Å²) in [4.78, 5) is 6.44. The number of aromatic amines is 1. The summed E-state index contributed by atoms with van der Waals surface area (Å²) < 4.78 is 16.7. The predicted molar refractivity (Wildman–Crippen MR) is 116 cm³/mol. The lowest BCUT2D eigenvalue weighted by atomic mass is 10.1. The summed E-state index contributed by atoms with van der Waals surface area (Å²) in [5.74, 6) is 0.552. The number of piperazine rings is 1. The van der Waals surface area contributed by atoms with E-state index in [0.717, 1.165) is 18.8 Å². The van der Waals surface area contributed by atoms with Crippen LogP contribution in [0, 0.1) is 24.1 Å². The summed E-state index contributed by atoms with van der Waals surface area (Å²) >= 11 is 0. The molecule has 0 radical (unpaired) electrons. The third-order valence-electron chi connectivity index (χ3n) is 5.45. The number of H-pyrrole nitrogens is 1. The molecule has 9 nitrogen and oxygen atoms in total. The second kappa shape index (κ2) is 7.21. The molecule has 158 valence electrons. The Labute approximate surface area is 177 Å². The van der Waals surface area contributed by atoms with Crippen molar-refractivity contribution in [3.8, 4) is 6.07 Å². The first kappa shape index (κ1) is 19.3. The molecule has 2 atom stereocenters. The van der Waals surface area contributed by atoms with Crippen LogP contribution in [0.4, 0.5) is 21.6 Å². The smallest absolute Gasteiger partial charge is 0.173 e. The van der Waals surface area contributed by atoms with Crippen LogP contribution < -0.4 is 15.5 Å². The maximum absolute atomic E-state index is 15.2. The van der Waals surface area contributed by atoms with Gasteiger partial charge in [-0.05, 0) is 39.0 Å². The molecule has 5 rings (SSSR count). The maximum Gasteiger partial charge on any atom is 0.173 e. The number of hydrogen-bond acceptors (Lipinski definition) is 7. The third-order valence-corrected chi connectivity index (χ3v) is 5.45. The number of anilines is 3. The topological polar surface area (TPSA) is 110 Å². The third kappa shape index (κ3) is 3.43. The summed E-state index contributed by atoms with van der Waals surface area (Å²) in [6, 6.07) is 7.91. The zero-order valence-corrected chi connectivity index (χ0v) is 17.4. The summed E-state index contributed by atoms with van der Waals surface area (Å²) in [6.07, 6.45) is 1.70. The number of pyridine rings is 1. The molecule has 4 heterocycles. The summed E-state index contributed by atoms with van der Waals surface area (Å²) in [5, 5.41) is 27.9. The number of benzene rings is 1. The van der Waals surface area contributed by atoms with Crippen molar-refractivity contribution in [2.24, 2.45) is 0 Å². The zero-order valence-electron chi connectivity index (χ0n) is 17.4. The largest absolute Gasteiger partial charge is 0.368 e. The molecular formula is C21H22FN9. The van der Waals surface area contributed by atoms with Crippen LogP contribution in [0.15, 0.2) is 24.4 Å². The molecule has 10 heteroatoms. The number of fused-ring (bicyclic) bond motifs is 2. The first-order valence-electron chi connectivity index (χ1n) is 10.1. The van der Waals surface area contributed by atoms with Gasteiger partial charge in [0.1, 0.15) is 17.7 Å². The van der Waals surface area contributed by atoms with E-state index in [-0.39, 0.29) is 5.82 Å². The minimum atomic E-state index is -0.360. The van der Waals surface area contributed by atoms with Crippen molar-refractivity contribution in [1.29, 1.82) is 5.26 Å². The van der Waals surface area contributed by atoms with E-state index < -0.39 is 0 Å². The van der Waals surface area contributed by atoms with Gasteiger partial charge in [-0.2, -0.15) is 15.5 Å². The van der Waals surface area contributed by atoms with Crippen molar-refractivity contribution in [3.63, 3.8) is 0 Å². The summed E-state index contributed by atoms with van der Waals surface area (Å²) in [5.41, 5.74) is 2.85. The predicted octanol–water partition coefficient (Wildman–Crippen LogP) is 2.86. The molecule has 1 aromatic carbocycles. The van der Waals surface area contributed by atoms with E-state index in [1.807, 2.05) is 6.07 Å². The van der Waals surface area contributed by atoms with E-state index in [4.69, 9.17) is 0 Å². The van der Waals surface area contributed by atoms with Crippen LogP contribution in [0.5, 0.6) is 0 Å². The number of nitriles is 1.